The van der Waals surface area contributed by atoms with Crippen LogP contribution >= 0.6 is 11.3 Å². The van der Waals surface area contributed by atoms with Gasteiger partial charge in [-0.3, -0.25) is 4.79 Å². The van der Waals surface area contributed by atoms with Gasteiger partial charge in [0.25, 0.3) is 0 Å². The maximum absolute atomic E-state index is 12.1. The highest BCUT2D eigenvalue weighted by Gasteiger charge is 2.30. The molecular formula is C17H15NO5S. The molecule has 0 aliphatic heterocycles. The van der Waals surface area contributed by atoms with Crippen LogP contribution in [0, 0.1) is 5.92 Å². The minimum atomic E-state index is -0.516. The summed E-state index contributed by atoms with van der Waals surface area (Å²) in [5.74, 6) is -0.546. The molecule has 7 heteroatoms. The van der Waals surface area contributed by atoms with Gasteiger partial charge < -0.3 is 14.8 Å². The second kappa shape index (κ2) is 6.84. The lowest BCUT2D eigenvalue weighted by Crippen LogP contribution is -2.12. The van der Waals surface area contributed by atoms with E-state index in [9.17, 15) is 14.4 Å². The molecule has 0 atom stereocenters. The van der Waals surface area contributed by atoms with E-state index < -0.39 is 11.9 Å². The van der Waals surface area contributed by atoms with Gasteiger partial charge in [0.2, 0.25) is 5.91 Å². The van der Waals surface area contributed by atoms with E-state index in [1.807, 2.05) is 0 Å². The molecule has 1 aromatic carbocycles. The lowest BCUT2D eigenvalue weighted by atomic mass is 10.2. The Morgan fingerprint density at radius 1 is 1.04 bits per heavy atom. The van der Waals surface area contributed by atoms with Crippen molar-refractivity contribution < 1.29 is 23.9 Å². The average Bonchev–Trinajstić information content (AvgIpc) is 3.34. The zero-order chi connectivity index (χ0) is 17.1. The van der Waals surface area contributed by atoms with Crippen molar-refractivity contribution in [1.82, 2.24) is 0 Å². The summed E-state index contributed by atoms with van der Waals surface area (Å²) in [5, 5.41) is 3.41. The van der Waals surface area contributed by atoms with Crippen LogP contribution in [-0.2, 0) is 9.53 Å². The summed E-state index contributed by atoms with van der Waals surface area (Å²) in [7, 11) is 1.30. The number of hydrogen-bond acceptors (Lipinski definition) is 6. The summed E-state index contributed by atoms with van der Waals surface area (Å²) in [5.41, 5.74) is 0.374. The highest BCUT2D eigenvalue weighted by Crippen LogP contribution is 2.31. The molecule has 0 unspecified atom stereocenters. The Bertz CT molecular complexity index is 777. The Hall–Kier alpha value is -2.67. The number of carbonyl (C=O) groups is 3. The number of nitrogens with one attached hydrogen (secondary N) is 1. The summed E-state index contributed by atoms with van der Waals surface area (Å²) in [6.07, 6.45) is 1.85. The Labute approximate surface area is 142 Å². The number of thiophene rings is 1. The van der Waals surface area contributed by atoms with Gasteiger partial charge in [-0.05, 0) is 49.2 Å². The first kappa shape index (κ1) is 16.2. The molecule has 1 aliphatic rings. The van der Waals surface area contributed by atoms with Crippen LogP contribution in [0.1, 0.15) is 32.9 Å². The van der Waals surface area contributed by atoms with Crippen molar-refractivity contribution in [3.05, 3.63) is 46.8 Å². The Morgan fingerprint density at radius 3 is 2.38 bits per heavy atom. The predicted octanol–water partition coefficient (Wildman–Crippen LogP) is 3.10. The molecule has 3 rings (SSSR count). The molecule has 24 heavy (non-hydrogen) atoms. The van der Waals surface area contributed by atoms with Crippen LogP contribution in [0.3, 0.4) is 0 Å². The van der Waals surface area contributed by atoms with Crippen LogP contribution in [0.5, 0.6) is 5.75 Å². The van der Waals surface area contributed by atoms with Gasteiger partial charge in [0.1, 0.15) is 10.6 Å². The van der Waals surface area contributed by atoms with Gasteiger partial charge in [-0.25, -0.2) is 9.59 Å². The van der Waals surface area contributed by atoms with Crippen LogP contribution in [-0.4, -0.2) is 25.0 Å². The molecule has 124 valence electrons. The number of amides is 1. The quantitative estimate of drug-likeness (QED) is 0.665. The van der Waals surface area contributed by atoms with Crippen molar-refractivity contribution >= 4 is 34.2 Å². The number of anilines is 1. The van der Waals surface area contributed by atoms with Crippen LogP contribution in [0.25, 0.3) is 0 Å². The van der Waals surface area contributed by atoms with Gasteiger partial charge in [-0.2, -0.15) is 0 Å². The fourth-order valence-electron chi connectivity index (χ4n) is 2.02. The minimum absolute atomic E-state index is 0.00448. The third kappa shape index (κ3) is 3.80. The highest BCUT2D eigenvalue weighted by atomic mass is 32.1. The molecule has 2 aromatic rings. The van der Waals surface area contributed by atoms with Crippen molar-refractivity contribution in [2.75, 3.05) is 12.4 Å². The summed E-state index contributed by atoms with van der Waals surface area (Å²) in [4.78, 5) is 35.6. The normalized spacial score (nSPS) is 13.2. The van der Waals surface area contributed by atoms with E-state index in [-0.39, 0.29) is 11.8 Å². The summed E-state index contributed by atoms with van der Waals surface area (Å²) in [6, 6.07) is 9.37. The molecule has 1 aliphatic carbocycles. The van der Waals surface area contributed by atoms with Gasteiger partial charge in [0.05, 0.1) is 17.7 Å². The molecule has 1 fully saturated rings. The van der Waals surface area contributed by atoms with E-state index in [1.165, 1.54) is 31.4 Å². The fourth-order valence-corrected chi connectivity index (χ4v) is 2.80. The van der Waals surface area contributed by atoms with Crippen molar-refractivity contribution in [1.29, 1.82) is 0 Å². The molecule has 0 radical (unpaired) electrons. The average molecular weight is 345 g/mol. The third-order valence-corrected chi connectivity index (χ3v) is 4.47. The molecule has 1 aromatic heterocycles. The predicted molar refractivity (Wildman–Crippen MR) is 88.4 cm³/mol. The van der Waals surface area contributed by atoms with Gasteiger partial charge in [0.15, 0.2) is 0 Å². The van der Waals surface area contributed by atoms with Gasteiger partial charge in [0, 0.05) is 5.92 Å². The monoisotopic (exact) mass is 345 g/mol. The molecular weight excluding hydrogens is 330 g/mol. The van der Waals surface area contributed by atoms with Crippen molar-refractivity contribution in [3.8, 4) is 5.75 Å². The first-order valence-corrected chi connectivity index (χ1v) is 8.19. The number of methoxy groups -OCH3 is 1. The Balaban J connectivity index is 1.61. The first-order valence-electron chi connectivity index (χ1n) is 7.38. The van der Waals surface area contributed by atoms with E-state index in [4.69, 9.17) is 4.74 Å². The van der Waals surface area contributed by atoms with Crippen molar-refractivity contribution in [2.45, 2.75) is 12.8 Å². The minimum Gasteiger partial charge on any atom is -0.465 e. The zero-order valence-corrected chi connectivity index (χ0v) is 13.7. The second-order valence-corrected chi connectivity index (χ2v) is 6.42. The molecule has 1 amide bonds. The Morgan fingerprint density at radius 2 is 1.75 bits per heavy atom. The summed E-state index contributed by atoms with van der Waals surface area (Å²) < 4.78 is 9.86. The van der Waals surface area contributed by atoms with Crippen LogP contribution in [0.15, 0.2) is 36.4 Å². The zero-order valence-electron chi connectivity index (χ0n) is 12.9. The largest absolute Gasteiger partial charge is 0.465 e. The molecule has 6 nitrogen and oxygen atoms in total. The molecule has 0 spiro atoms. The lowest BCUT2D eigenvalue weighted by Gasteiger charge is -2.04. The Kier molecular flexibility index (Phi) is 4.61. The maximum atomic E-state index is 12.1. The maximum Gasteiger partial charge on any atom is 0.353 e. The third-order valence-electron chi connectivity index (χ3n) is 3.49. The number of esters is 2. The number of ether oxygens (including phenoxy) is 2. The van der Waals surface area contributed by atoms with E-state index in [0.29, 0.717) is 21.2 Å². The molecule has 1 saturated carbocycles. The van der Waals surface area contributed by atoms with E-state index in [1.54, 1.807) is 12.1 Å². The summed E-state index contributed by atoms with van der Waals surface area (Å²) >= 11 is 1.16. The van der Waals surface area contributed by atoms with E-state index in [2.05, 4.69) is 10.1 Å². The van der Waals surface area contributed by atoms with Crippen LogP contribution < -0.4 is 10.1 Å². The van der Waals surface area contributed by atoms with E-state index in [0.717, 1.165) is 24.2 Å². The van der Waals surface area contributed by atoms with Crippen LogP contribution in [0.2, 0.25) is 0 Å². The van der Waals surface area contributed by atoms with Crippen molar-refractivity contribution in [3.63, 3.8) is 0 Å². The molecule has 1 heterocycles. The topological polar surface area (TPSA) is 81.7 Å². The summed E-state index contributed by atoms with van der Waals surface area (Å²) in [6.45, 7) is 0. The molecule has 0 saturated heterocycles. The number of rotatable bonds is 5. The smallest absolute Gasteiger partial charge is 0.353 e. The van der Waals surface area contributed by atoms with Gasteiger partial charge >= 0.3 is 11.9 Å². The lowest BCUT2D eigenvalue weighted by molar-refractivity contribution is -0.117. The van der Waals surface area contributed by atoms with Gasteiger partial charge in [-0.15, -0.1) is 11.3 Å². The fraction of sp³-hybridized carbons (Fsp3) is 0.235. The van der Waals surface area contributed by atoms with Crippen LogP contribution in [0.4, 0.5) is 5.00 Å². The standard InChI is InChI=1S/C17H15NO5S/c1-22-16(20)11-4-6-12(7-5-11)23-17(21)13-8-9-14(24-13)18-15(19)10-2-3-10/h4-10H,2-3H2,1H3,(H,18,19). The van der Waals surface area contributed by atoms with Crippen molar-refractivity contribution in [2.24, 2.45) is 5.92 Å². The SMILES string of the molecule is COC(=O)c1ccc(OC(=O)c2ccc(NC(=O)C3CC3)s2)cc1. The first-order chi connectivity index (χ1) is 11.6. The highest BCUT2D eigenvalue weighted by molar-refractivity contribution is 7.18. The van der Waals surface area contributed by atoms with Gasteiger partial charge in [-0.1, -0.05) is 0 Å². The second-order valence-electron chi connectivity index (χ2n) is 5.33. The molecule has 0 bridgehead atoms. The number of hydrogen-bond donors (Lipinski definition) is 1. The number of benzene rings is 1. The number of carbonyl (C=O) groups excluding carboxylic acids is 3. The van der Waals surface area contributed by atoms with E-state index >= 15 is 0 Å². The molecule has 1 N–H and O–H groups in total.